The second-order valence-corrected chi connectivity index (χ2v) is 9.78. The molecule has 0 radical (unpaired) electrons. The lowest BCUT2D eigenvalue weighted by Gasteiger charge is -2.26. The molecular formula is C25H24ClN4O5+. The summed E-state index contributed by atoms with van der Waals surface area (Å²) in [6, 6.07) is 9.09. The predicted octanol–water partition coefficient (Wildman–Crippen LogP) is 1.02. The van der Waals surface area contributed by atoms with Gasteiger partial charge in [0.15, 0.2) is 5.78 Å². The van der Waals surface area contributed by atoms with Crippen LogP contribution in [0.5, 0.6) is 0 Å². The van der Waals surface area contributed by atoms with Crippen molar-refractivity contribution in [1.29, 1.82) is 0 Å². The molecule has 9 nitrogen and oxygen atoms in total. The summed E-state index contributed by atoms with van der Waals surface area (Å²) < 4.78 is 0. The molecule has 2 aromatic carbocycles. The predicted molar refractivity (Wildman–Crippen MR) is 127 cm³/mol. The van der Waals surface area contributed by atoms with Crippen molar-refractivity contribution in [1.82, 2.24) is 0 Å². The maximum absolute atomic E-state index is 13.9. The molecule has 4 amide bonds. The zero-order valence-electron chi connectivity index (χ0n) is 19.1. The number of imide groups is 1. The Bertz CT molecular complexity index is 1320. The lowest BCUT2D eigenvalue weighted by Crippen LogP contribution is -2.99. The van der Waals surface area contributed by atoms with Gasteiger partial charge in [-0.15, -0.1) is 0 Å². The fraction of sp³-hybridized carbons (Fsp3) is 0.320. The summed E-state index contributed by atoms with van der Waals surface area (Å²) in [7, 11) is 0. The van der Waals surface area contributed by atoms with Gasteiger partial charge in [-0.25, -0.2) is 4.90 Å². The molecule has 3 aliphatic rings. The maximum atomic E-state index is 13.9. The van der Waals surface area contributed by atoms with E-state index in [-0.39, 0.29) is 18.6 Å². The van der Waals surface area contributed by atoms with Gasteiger partial charge in [-0.2, -0.15) is 0 Å². The number of quaternary nitrogens is 1. The Labute approximate surface area is 206 Å². The van der Waals surface area contributed by atoms with E-state index >= 15 is 0 Å². The van der Waals surface area contributed by atoms with E-state index in [4.69, 9.17) is 17.3 Å². The molecule has 1 spiro atoms. The molecule has 0 aromatic heterocycles. The number of nitrogens with zero attached hydrogens (tertiary/aromatic N) is 1. The Morgan fingerprint density at radius 3 is 2.43 bits per heavy atom. The van der Waals surface area contributed by atoms with Gasteiger partial charge in [0, 0.05) is 29.0 Å². The molecule has 0 aliphatic carbocycles. The summed E-state index contributed by atoms with van der Waals surface area (Å²) in [5, 5.41) is 5.11. The van der Waals surface area contributed by atoms with Gasteiger partial charge in [-0.05, 0) is 55.8 Å². The molecule has 2 fully saturated rings. The highest BCUT2D eigenvalue weighted by molar-refractivity contribution is 6.32. The first kappa shape index (κ1) is 23.2. The van der Waals surface area contributed by atoms with Crippen LogP contribution in [0.2, 0.25) is 5.02 Å². The molecule has 4 atom stereocenters. The quantitative estimate of drug-likeness (QED) is 0.419. The monoisotopic (exact) mass is 495 g/mol. The van der Waals surface area contributed by atoms with Gasteiger partial charge >= 0.3 is 0 Å². The Kier molecular flexibility index (Phi) is 5.30. The summed E-state index contributed by atoms with van der Waals surface area (Å²) in [4.78, 5) is 65.5. The average molecular weight is 496 g/mol. The van der Waals surface area contributed by atoms with Crippen LogP contribution in [-0.2, 0) is 24.7 Å². The van der Waals surface area contributed by atoms with E-state index in [1.54, 1.807) is 48.6 Å². The topological polar surface area (TPSA) is 143 Å². The number of halogens is 1. The van der Waals surface area contributed by atoms with Gasteiger partial charge in [0.2, 0.25) is 23.3 Å². The van der Waals surface area contributed by atoms with E-state index in [0.717, 1.165) is 4.90 Å². The number of carbonyl (C=O) groups excluding carboxylic acids is 5. The highest BCUT2D eigenvalue weighted by atomic mass is 35.5. The number of ketones is 1. The van der Waals surface area contributed by atoms with E-state index in [0.29, 0.717) is 33.1 Å². The zero-order chi connectivity index (χ0) is 25.2. The van der Waals surface area contributed by atoms with Crippen molar-refractivity contribution in [3.8, 4) is 0 Å². The van der Waals surface area contributed by atoms with Crippen LogP contribution in [0.25, 0.3) is 0 Å². The van der Waals surface area contributed by atoms with E-state index in [9.17, 15) is 24.0 Å². The number of Topliss-reactive ketones (excluding diaryl/α,β-unsaturated/α-hetero) is 1. The highest BCUT2D eigenvalue weighted by Crippen LogP contribution is 2.51. The molecule has 2 saturated heterocycles. The minimum absolute atomic E-state index is 0.0172. The third-order valence-electron chi connectivity index (χ3n) is 7.49. The van der Waals surface area contributed by atoms with Crippen LogP contribution in [0.3, 0.4) is 0 Å². The number of primary amides is 1. The van der Waals surface area contributed by atoms with Crippen molar-refractivity contribution >= 4 is 52.4 Å². The van der Waals surface area contributed by atoms with Crippen LogP contribution in [0.1, 0.15) is 41.3 Å². The summed E-state index contributed by atoms with van der Waals surface area (Å²) in [5.41, 5.74) is 6.59. The van der Waals surface area contributed by atoms with E-state index in [1.807, 2.05) is 0 Å². The lowest BCUT2D eigenvalue weighted by molar-refractivity contribution is -0.733. The Morgan fingerprint density at radius 2 is 1.80 bits per heavy atom. The molecule has 35 heavy (non-hydrogen) atoms. The summed E-state index contributed by atoms with van der Waals surface area (Å²) >= 11 is 6.28. The number of anilines is 2. The number of carbonyl (C=O) groups is 5. The Hall–Kier alpha value is -3.56. The van der Waals surface area contributed by atoms with Crippen LogP contribution in [-0.4, -0.2) is 35.5 Å². The molecule has 5 N–H and O–H groups in total. The SMILES string of the molecule is CC(=O)c1ccc(N2C(=O)[C@@H]3[C@H](CCC(N)=O)[NH2+][C@]4(C(=O)Nc5c4ccc(Cl)c5C)[C@@H]3C2=O)cc1. The minimum atomic E-state index is -1.38. The first-order valence-electron chi connectivity index (χ1n) is 11.3. The second-order valence-electron chi connectivity index (χ2n) is 9.37. The van der Waals surface area contributed by atoms with Crippen LogP contribution >= 0.6 is 11.6 Å². The molecule has 3 heterocycles. The highest BCUT2D eigenvalue weighted by Gasteiger charge is 2.74. The van der Waals surface area contributed by atoms with Gasteiger partial charge in [0.05, 0.1) is 11.4 Å². The first-order valence-corrected chi connectivity index (χ1v) is 11.7. The van der Waals surface area contributed by atoms with E-state index in [2.05, 4.69) is 5.32 Å². The molecule has 5 rings (SSSR count). The molecule has 2 aromatic rings. The van der Waals surface area contributed by atoms with Crippen molar-refractivity contribution in [3.63, 3.8) is 0 Å². The van der Waals surface area contributed by atoms with Crippen molar-refractivity contribution in [3.05, 3.63) is 58.1 Å². The summed E-state index contributed by atoms with van der Waals surface area (Å²) in [6.07, 6.45) is 0.257. The van der Waals surface area contributed by atoms with Crippen molar-refractivity contribution < 1.29 is 29.3 Å². The number of rotatable bonds is 5. The normalized spacial score (nSPS) is 26.8. The van der Waals surface area contributed by atoms with Crippen LogP contribution in [0.15, 0.2) is 36.4 Å². The summed E-state index contributed by atoms with van der Waals surface area (Å²) in [5.74, 6) is -3.81. The maximum Gasteiger partial charge on any atom is 0.291 e. The number of benzene rings is 2. The summed E-state index contributed by atoms with van der Waals surface area (Å²) in [6.45, 7) is 3.21. The van der Waals surface area contributed by atoms with Gasteiger partial charge in [0.25, 0.3) is 5.91 Å². The lowest BCUT2D eigenvalue weighted by atomic mass is 9.76. The molecule has 0 bridgehead atoms. The molecular weight excluding hydrogens is 472 g/mol. The Morgan fingerprint density at radius 1 is 1.11 bits per heavy atom. The minimum Gasteiger partial charge on any atom is -0.370 e. The van der Waals surface area contributed by atoms with Crippen molar-refractivity contribution in [2.45, 2.75) is 38.3 Å². The molecule has 0 saturated carbocycles. The third-order valence-corrected chi connectivity index (χ3v) is 7.90. The smallest absolute Gasteiger partial charge is 0.291 e. The number of fused-ring (bicyclic) bond motifs is 4. The first-order chi connectivity index (χ1) is 16.6. The van der Waals surface area contributed by atoms with Crippen LogP contribution in [0.4, 0.5) is 11.4 Å². The number of amides is 4. The van der Waals surface area contributed by atoms with E-state index < -0.39 is 47.0 Å². The number of nitrogens with one attached hydrogen (secondary N) is 1. The van der Waals surface area contributed by atoms with E-state index in [1.165, 1.54) is 6.92 Å². The van der Waals surface area contributed by atoms with Crippen LogP contribution < -0.4 is 21.3 Å². The fourth-order valence-electron chi connectivity index (χ4n) is 5.82. The average Bonchev–Trinajstić information content (AvgIpc) is 3.40. The second kappa shape index (κ2) is 8.00. The third kappa shape index (κ3) is 3.22. The molecule has 10 heteroatoms. The largest absolute Gasteiger partial charge is 0.370 e. The molecule has 0 unspecified atom stereocenters. The molecule has 3 aliphatic heterocycles. The Balaban J connectivity index is 1.63. The van der Waals surface area contributed by atoms with Crippen LogP contribution in [0, 0.1) is 18.8 Å². The standard InChI is InChI=1S/C25H23ClN4O5/c1-11-16(26)8-7-15-21(11)28-24(35)25(15)20-19(17(29-25)9-10-18(27)32)22(33)30(23(20)34)14-5-3-13(4-6-14)12(2)31/h3-8,17,19-20,29H,9-10H2,1-2H3,(H2,27,32)(H,28,35)/p+1/t17-,19+,20-,25-/m0/s1. The van der Waals surface area contributed by atoms with Gasteiger partial charge in [-0.1, -0.05) is 11.6 Å². The number of hydrogen-bond acceptors (Lipinski definition) is 5. The van der Waals surface area contributed by atoms with Crippen molar-refractivity contribution in [2.24, 2.45) is 17.6 Å². The van der Waals surface area contributed by atoms with Gasteiger partial charge < -0.3 is 16.4 Å². The molecule has 180 valence electrons. The van der Waals surface area contributed by atoms with Gasteiger partial charge in [-0.3, -0.25) is 24.0 Å². The van der Waals surface area contributed by atoms with Crippen molar-refractivity contribution in [2.75, 3.05) is 10.2 Å². The number of nitrogens with two attached hydrogens (primary N) is 2. The fourth-order valence-corrected chi connectivity index (χ4v) is 5.98. The number of hydrogen-bond donors (Lipinski definition) is 3. The van der Waals surface area contributed by atoms with Gasteiger partial charge in [0.1, 0.15) is 17.9 Å². The zero-order valence-corrected chi connectivity index (χ0v) is 19.9.